The molecule has 2 amide bonds. The second-order valence-electron chi connectivity index (χ2n) is 9.38. The van der Waals surface area contributed by atoms with Crippen LogP contribution >= 0.6 is 12.4 Å². The van der Waals surface area contributed by atoms with Crippen LogP contribution < -0.4 is 16.4 Å². The summed E-state index contributed by atoms with van der Waals surface area (Å²) in [6, 6.07) is -1.57. The van der Waals surface area contributed by atoms with Gasteiger partial charge >= 0.3 is 5.97 Å². The molecule has 0 aromatic carbocycles. The summed E-state index contributed by atoms with van der Waals surface area (Å²) in [5.41, 5.74) is 5.05. The normalized spacial score (nSPS) is 12.5. The monoisotopic (exact) mass is 505 g/mol. The van der Waals surface area contributed by atoms with Crippen molar-refractivity contribution in [2.24, 2.45) is 5.73 Å². The first-order chi connectivity index (χ1) is 15.9. The number of aliphatic carboxylic acids is 1. The number of carboxylic acid groups (broad SMARTS) is 1. The highest BCUT2D eigenvalue weighted by Gasteiger charge is 2.23. The van der Waals surface area contributed by atoms with E-state index < -0.39 is 24.0 Å². The Morgan fingerprint density at radius 2 is 1.18 bits per heavy atom. The van der Waals surface area contributed by atoms with Gasteiger partial charge in [0.15, 0.2) is 0 Å². The fraction of sp³-hybridized carbons (Fsp3) is 0.885. The fourth-order valence-electron chi connectivity index (χ4n) is 3.93. The van der Waals surface area contributed by atoms with Gasteiger partial charge in [-0.3, -0.25) is 9.59 Å². The van der Waals surface area contributed by atoms with Crippen molar-refractivity contribution in [2.45, 2.75) is 142 Å². The van der Waals surface area contributed by atoms with Crippen LogP contribution in [0.5, 0.6) is 0 Å². The maximum atomic E-state index is 12.2. The number of rotatable bonds is 24. The summed E-state index contributed by atoms with van der Waals surface area (Å²) in [7, 11) is 0. The maximum absolute atomic E-state index is 12.2. The molecule has 0 saturated carbocycles. The van der Waals surface area contributed by atoms with Crippen LogP contribution in [0.1, 0.15) is 129 Å². The van der Waals surface area contributed by atoms with Gasteiger partial charge in [0.05, 0.1) is 6.04 Å². The molecule has 34 heavy (non-hydrogen) atoms. The topological polar surface area (TPSA) is 122 Å². The molecule has 2 atom stereocenters. The van der Waals surface area contributed by atoms with Crippen LogP contribution in [0.25, 0.3) is 0 Å². The van der Waals surface area contributed by atoms with Gasteiger partial charge in [0.25, 0.3) is 0 Å². The average molecular weight is 506 g/mol. The van der Waals surface area contributed by atoms with Crippen molar-refractivity contribution >= 4 is 30.2 Å². The number of hydrogen-bond donors (Lipinski definition) is 4. The molecular weight excluding hydrogens is 454 g/mol. The molecule has 0 saturated heterocycles. The lowest BCUT2D eigenvalue weighted by Crippen LogP contribution is -2.49. The van der Waals surface area contributed by atoms with Crippen LogP contribution in [0.2, 0.25) is 0 Å². The molecule has 0 aliphatic carbocycles. The lowest BCUT2D eigenvalue weighted by atomic mass is 10.0. The first kappa shape index (κ1) is 34.8. The summed E-state index contributed by atoms with van der Waals surface area (Å²) in [4.78, 5) is 34.2. The molecule has 0 aliphatic rings. The van der Waals surface area contributed by atoms with E-state index in [1.807, 2.05) is 0 Å². The zero-order valence-electron chi connectivity index (χ0n) is 21.7. The van der Waals surface area contributed by atoms with E-state index in [-0.39, 0.29) is 31.2 Å². The SMILES string of the molecule is CCCCCCCCCCCCCCCCCCN[C@@H](C)C(=O)N[C@H](CCC(N)=O)C(=O)O.Cl. The van der Waals surface area contributed by atoms with Crippen molar-refractivity contribution in [1.82, 2.24) is 10.6 Å². The van der Waals surface area contributed by atoms with Gasteiger partial charge in [-0.15, -0.1) is 12.4 Å². The molecule has 0 unspecified atom stereocenters. The Morgan fingerprint density at radius 3 is 1.56 bits per heavy atom. The number of carbonyl (C=O) groups excluding carboxylic acids is 2. The molecule has 7 nitrogen and oxygen atoms in total. The predicted molar refractivity (Wildman–Crippen MR) is 142 cm³/mol. The zero-order valence-corrected chi connectivity index (χ0v) is 22.6. The van der Waals surface area contributed by atoms with Crippen molar-refractivity contribution in [3.63, 3.8) is 0 Å². The molecule has 0 heterocycles. The summed E-state index contributed by atoms with van der Waals surface area (Å²) in [6.45, 7) is 4.71. The first-order valence-electron chi connectivity index (χ1n) is 13.4. The largest absolute Gasteiger partial charge is 0.480 e. The average Bonchev–Trinajstić information content (AvgIpc) is 2.77. The summed E-state index contributed by atoms with van der Waals surface area (Å²) < 4.78 is 0. The maximum Gasteiger partial charge on any atom is 0.326 e. The summed E-state index contributed by atoms with van der Waals surface area (Å²) in [5.74, 6) is -2.11. The van der Waals surface area contributed by atoms with E-state index in [1.165, 1.54) is 89.9 Å². The number of carbonyl (C=O) groups is 3. The minimum atomic E-state index is -1.16. The van der Waals surface area contributed by atoms with Gasteiger partial charge in [0.1, 0.15) is 6.04 Å². The van der Waals surface area contributed by atoms with Crippen molar-refractivity contribution in [3.05, 3.63) is 0 Å². The van der Waals surface area contributed by atoms with Crippen molar-refractivity contribution in [2.75, 3.05) is 6.54 Å². The Kier molecular flexibility index (Phi) is 25.4. The van der Waals surface area contributed by atoms with Crippen LogP contribution in [0.3, 0.4) is 0 Å². The van der Waals surface area contributed by atoms with Crippen LogP contribution in [0.15, 0.2) is 0 Å². The van der Waals surface area contributed by atoms with E-state index >= 15 is 0 Å². The third-order valence-electron chi connectivity index (χ3n) is 6.17. The number of amides is 2. The molecule has 0 aliphatic heterocycles. The van der Waals surface area contributed by atoms with Crippen LogP contribution in [-0.4, -0.2) is 41.5 Å². The van der Waals surface area contributed by atoms with Crippen molar-refractivity contribution < 1.29 is 19.5 Å². The molecule has 0 fully saturated rings. The zero-order chi connectivity index (χ0) is 24.7. The quantitative estimate of drug-likeness (QED) is 0.129. The molecule has 202 valence electrons. The van der Waals surface area contributed by atoms with E-state index in [0.717, 1.165) is 19.4 Å². The van der Waals surface area contributed by atoms with Crippen LogP contribution in [0, 0.1) is 0 Å². The van der Waals surface area contributed by atoms with Crippen LogP contribution in [-0.2, 0) is 14.4 Å². The van der Waals surface area contributed by atoms with Gasteiger partial charge in [-0.25, -0.2) is 4.79 Å². The number of unbranched alkanes of at least 4 members (excludes halogenated alkanes) is 15. The van der Waals surface area contributed by atoms with E-state index in [0.29, 0.717) is 0 Å². The van der Waals surface area contributed by atoms with Gasteiger partial charge < -0.3 is 21.5 Å². The Hall–Kier alpha value is -1.34. The Morgan fingerprint density at radius 1 is 0.765 bits per heavy atom. The standard InChI is InChI=1S/C26H51N3O4.ClH/c1-3-4-5-6-7-8-9-10-11-12-13-14-15-16-17-18-21-28-22(2)25(31)29-23(26(32)33)19-20-24(27)30;/h22-23,28H,3-21H2,1-2H3,(H2,27,30)(H,29,31)(H,32,33);1H/t22-,23+;/m0./s1. The second-order valence-corrected chi connectivity index (χ2v) is 9.38. The van der Waals surface area contributed by atoms with Gasteiger partial charge in [-0.1, -0.05) is 103 Å². The molecule has 0 bridgehead atoms. The van der Waals surface area contributed by atoms with E-state index in [9.17, 15) is 14.4 Å². The highest BCUT2D eigenvalue weighted by molar-refractivity contribution is 5.87. The smallest absolute Gasteiger partial charge is 0.326 e. The number of primary amides is 1. The number of halogens is 1. The summed E-state index contributed by atoms with van der Waals surface area (Å²) >= 11 is 0. The first-order valence-corrected chi connectivity index (χ1v) is 13.4. The van der Waals surface area contributed by atoms with Crippen molar-refractivity contribution in [3.8, 4) is 0 Å². The third-order valence-corrected chi connectivity index (χ3v) is 6.17. The molecule has 0 radical (unpaired) electrons. The van der Waals surface area contributed by atoms with Gasteiger partial charge in [-0.05, 0) is 26.3 Å². The molecule has 8 heteroatoms. The second kappa shape index (κ2) is 24.8. The highest BCUT2D eigenvalue weighted by atomic mass is 35.5. The Labute approximate surface area is 214 Å². The molecule has 5 N–H and O–H groups in total. The number of nitrogens with two attached hydrogens (primary N) is 1. The van der Waals surface area contributed by atoms with Gasteiger partial charge in [-0.2, -0.15) is 0 Å². The highest BCUT2D eigenvalue weighted by Crippen LogP contribution is 2.13. The summed E-state index contributed by atoms with van der Waals surface area (Å²) in [6.07, 6.45) is 21.1. The number of carboxylic acids is 1. The lowest BCUT2D eigenvalue weighted by molar-refractivity contribution is -0.142. The predicted octanol–water partition coefficient (Wildman–Crippen LogP) is 5.48. The lowest BCUT2D eigenvalue weighted by Gasteiger charge is -2.18. The minimum absolute atomic E-state index is 0. The molecule has 0 aromatic rings. The van der Waals surface area contributed by atoms with Gasteiger partial charge in [0.2, 0.25) is 11.8 Å². The fourth-order valence-corrected chi connectivity index (χ4v) is 3.93. The molecule has 0 rings (SSSR count). The van der Waals surface area contributed by atoms with E-state index in [1.54, 1.807) is 6.92 Å². The van der Waals surface area contributed by atoms with E-state index in [2.05, 4.69) is 17.6 Å². The van der Waals surface area contributed by atoms with Crippen LogP contribution in [0.4, 0.5) is 0 Å². The Balaban J connectivity index is 0. The summed E-state index contributed by atoms with van der Waals surface area (Å²) in [5, 5.41) is 14.8. The third kappa shape index (κ3) is 22.5. The number of hydrogen-bond acceptors (Lipinski definition) is 4. The molecule has 0 spiro atoms. The molecule has 0 aromatic heterocycles. The Bertz CT molecular complexity index is 520. The molecular formula is C26H52ClN3O4. The number of nitrogens with one attached hydrogen (secondary N) is 2. The van der Waals surface area contributed by atoms with Crippen molar-refractivity contribution in [1.29, 1.82) is 0 Å². The van der Waals surface area contributed by atoms with E-state index in [4.69, 9.17) is 10.8 Å². The minimum Gasteiger partial charge on any atom is -0.480 e. The van der Waals surface area contributed by atoms with Gasteiger partial charge in [0, 0.05) is 6.42 Å².